The van der Waals surface area contributed by atoms with Crippen molar-refractivity contribution in [1.82, 2.24) is 0 Å². The van der Waals surface area contributed by atoms with Crippen molar-refractivity contribution in [2.75, 3.05) is 0 Å². The van der Waals surface area contributed by atoms with E-state index in [0.717, 1.165) is 5.92 Å². The normalized spacial score (nSPS) is 18.3. The van der Waals surface area contributed by atoms with Gasteiger partial charge in [0.25, 0.3) is 0 Å². The zero-order chi connectivity index (χ0) is 14.0. The lowest BCUT2D eigenvalue weighted by Crippen LogP contribution is -2.34. The van der Waals surface area contributed by atoms with Gasteiger partial charge in [-0.2, -0.15) is 0 Å². The Labute approximate surface area is 116 Å². The van der Waals surface area contributed by atoms with Crippen LogP contribution in [-0.4, -0.2) is 6.04 Å². The fourth-order valence-electron chi connectivity index (χ4n) is 3.00. The molecule has 4 unspecified atom stereocenters. The van der Waals surface area contributed by atoms with E-state index in [2.05, 4.69) is 34.6 Å². The molecule has 0 aliphatic carbocycles. The molecule has 0 aromatic rings. The lowest BCUT2D eigenvalue weighted by atomic mass is 9.85. The summed E-state index contributed by atoms with van der Waals surface area (Å²) in [5.41, 5.74) is 6.34. The van der Waals surface area contributed by atoms with Crippen LogP contribution in [0, 0.1) is 17.8 Å². The van der Waals surface area contributed by atoms with Crippen molar-refractivity contribution in [3.63, 3.8) is 0 Å². The third-order valence-electron chi connectivity index (χ3n) is 4.45. The van der Waals surface area contributed by atoms with Gasteiger partial charge in [0.2, 0.25) is 0 Å². The molecule has 0 saturated carbocycles. The number of hydrogen-bond donors (Lipinski definition) is 1. The van der Waals surface area contributed by atoms with E-state index in [-0.39, 0.29) is 0 Å². The van der Waals surface area contributed by atoms with Crippen molar-refractivity contribution in [1.29, 1.82) is 0 Å². The molecule has 0 rings (SSSR count). The van der Waals surface area contributed by atoms with Crippen LogP contribution in [0.2, 0.25) is 0 Å². The average molecular weight is 255 g/mol. The van der Waals surface area contributed by atoms with Gasteiger partial charge >= 0.3 is 0 Å². The van der Waals surface area contributed by atoms with Gasteiger partial charge in [-0.3, -0.25) is 0 Å². The minimum absolute atomic E-state index is 0.401. The van der Waals surface area contributed by atoms with Gasteiger partial charge in [0, 0.05) is 6.04 Å². The van der Waals surface area contributed by atoms with Crippen molar-refractivity contribution in [2.24, 2.45) is 23.5 Å². The third-order valence-corrected chi connectivity index (χ3v) is 4.45. The first kappa shape index (κ1) is 18.0. The summed E-state index contributed by atoms with van der Waals surface area (Å²) in [6.45, 7) is 11.6. The fourth-order valence-corrected chi connectivity index (χ4v) is 3.00. The van der Waals surface area contributed by atoms with Gasteiger partial charge in [-0.25, -0.2) is 0 Å². The van der Waals surface area contributed by atoms with Crippen LogP contribution < -0.4 is 5.73 Å². The minimum Gasteiger partial charge on any atom is -0.327 e. The van der Waals surface area contributed by atoms with E-state index in [1.54, 1.807) is 0 Å². The lowest BCUT2D eigenvalue weighted by Gasteiger charge is -2.26. The molecule has 0 radical (unpaired) electrons. The maximum absolute atomic E-state index is 6.34. The van der Waals surface area contributed by atoms with E-state index in [4.69, 9.17) is 5.73 Å². The molecule has 0 amide bonds. The number of rotatable bonds is 11. The standard InChI is InChI=1S/C17H37N/c1-6-10-14(3)12-8-9-13-16(5)17(18)15(4)11-7-2/h14-17H,6-13,18H2,1-5H3. The van der Waals surface area contributed by atoms with E-state index in [1.807, 2.05) is 0 Å². The van der Waals surface area contributed by atoms with Crippen molar-refractivity contribution < 1.29 is 0 Å². The average Bonchev–Trinajstić information content (AvgIpc) is 2.34. The SMILES string of the molecule is CCCC(C)CCCCC(C)C(N)C(C)CCC. The zero-order valence-electron chi connectivity index (χ0n) is 13.5. The summed E-state index contributed by atoms with van der Waals surface area (Å²) in [7, 11) is 0. The molecule has 0 aliphatic rings. The predicted octanol–water partition coefficient (Wildman–Crippen LogP) is 5.38. The van der Waals surface area contributed by atoms with Crippen LogP contribution in [0.5, 0.6) is 0 Å². The molecule has 0 aromatic heterocycles. The number of unbranched alkanes of at least 4 members (excludes halogenated alkanes) is 1. The minimum atomic E-state index is 0.401. The maximum Gasteiger partial charge on any atom is 0.00903 e. The molecule has 0 saturated heterocycles. The molecule has 4 atom stereocenters. The molecule has 2 N–H and O–H groups in total. The Balaban J connectivity index is 3.66. The van der Waals surface area contributed by atoms with E-state index >= 15 is 0 Å². The van der Waals surface area contributed by atoms with Crippen LogP contribution in [0.25, 0.3) is 0 Å². The zero-order valence-corrected chi connectivity index (χ0v) is 13.5. The Morgan fingerprint density at radius 1 is 0.722 bits per heavy atom. The summed E-state index contributed by atoms with van der Waals surface area (Å²) in [6, 6.07) is 0.401. The number of hydrogen-bond acceptors (Lipinski definition) is 1. The molecule has 110 valence electrons. The first-order valence-corrected chi connectivity index (χ1v) is 8.28. The van der Waals surface area contributed by atoms with Crippen molar-refractivity contribution in [2.45, 2.75) is 92.0 Å². The molecule has 0 heterocycles. The Kier molecular flexibility index (Phi) is 10.8. The van der Waals surface area contributed by atoms with Crippen molar-refractivity contribution in [3.8, 4) is 0 Å². The van der Waals surface area contributed by atoms with Crippen LogP contribution in [0.3, 0.4) is 0 Å². The quantitative estimate of drug-likeness (QED) is 0.493. The summed E-state index contributed by atoms with van der Waals surface area (Å²) in [6.07, 6.45) is 10.7. The van der Waals surface area contributed by atoms with Gasteiger partial charge < -0.3 is 5.73 Å². The lowest BCUT2D eigenvalue weighted by molar-refractivity contribution is 0.303. The van der Waals surface area contributed by atoms with E-state index in [0.29, 0.717) is 17.9 Å². The second-order valence-corrected chi connectivity index (χ2v) is 6.50. The van der Waals surface area contributed by atoms with E-state index in [9.17, 15) is 0 Å². The van der Waals surface area contributed by atoms with Gasteiger partial charge in [-0.05, 0) is 30.6 Å². The molecular formula is C17H37N. The second-order valence-electron chi connectivity index (χ2n) is 6.50. The van der Waals surface area contributed by atoms with Crippen LogP contribution in [0.4, 0.5) is 0 Å². The fraction of sp³-hybridized carbons (Fsp3) is 1.00. The van der Waals surface area contributed by atoms with Gasteiger partial charge in [-0.1, -0.05) is 73.1 Å². The summed E-state index contributed by atoms with van der Waals surface area (Å²) in [5.74, 6) is 2.29. The topological polar surface area (TPSA) is 26.0 Å². The van der Waals surface area contributed by atoms with Crippen LogP contribution >= 0.6 is 0 Å². The Morgan fingerprint density at radius 3 is 1.78 bits per heavy atom. The third kappa shape index (κ3) is 8.13. The smallest absolute Gasteiger partial charge is 0.00903 e. The summed E-state index contributed by atoms with van der Waals surface area (Å²) < 4.78 is 0. The van der Waals surface area contributed by atoms with Crippen LogP contribution in [0.1, 0.15) is 86.0 Å². The Morgan fingerprint density at radius 2 is 1.22 bits per heavy atom. The number of nitrogens with two attached hydrogens (primary N) is 1. The van der Waals surface area contributed by atoms with Crippen LogP contribution in [-0.2, 0) is 0 Å². The van der Waals surface area contributed by atoms with Crippen molar-refractivity contribution >= 4 is 0 Å². The van der Waals surface area contributed by atoms with E-state index < -0.39 is 0 Å². The molecule has 0 spiro atoms. The van der Waals surface area contributed by atoms with E-state index in [1.165, 1.54) is 51.4 Å². The molecule has 0 aliphatic heterocycles. The van der Waals surface area contributed by atoms with Gasteiger partial charge in [0.15, 0.2) is 0 Å². The Hall–Kier alpha value is -0.0400. The highest BCUT2D eigenvalue weighted by Gasteiger charge is 2.18. The second kappa shape index (κ2) is 10.8. The molecule has 18 heavy (non-hydrogen) atoms. The van der Waals surface area contributed by atoms with Gasteiger partial charge in [0.05, 0.1) is 0 Å². The summed E-state index contributed by atoms with van der Waals surface area (Å²) in [5, 5.41) is 0. The molecule has 0 aromatic carbocycles. The first-order valence-electron chi connectivity index (χ1n) is 8.28. The molecule has 0 fully saturated rings. The maximum atomic E-state index is 6.34. The monoisotopic (exact) mass is 255 g/mol. The highest BCUT2D eigenvalue weighted by atomic mass is 14.7. The van der Waals surface area contributed by atoms with Gasteiger partial charge in [0.1, 0.15) is 0 Å². The summed E-state index contributed by atoms with van der Waals surface area (Å²) in [4.78, 5) is 0. The molecule has 1 heteroatoms. The highest BCUT2D eigenvalue weighted by molar-refractivity contribution is 4.75. The summed E-state index contributed by atoms with van der Waals surface area (Å²) >= 11 is 0. The van der Waals surface area contributed by atoms with Crippen molar-refractivity contribution in [3.05, 3.63) is 0 Å². The highest BCUT2D eigenvalue weighted by Crippen LogP contribution is 2.22. The largest absolute Gasteiger partial charge is 0.327 e. The first-order chi connectivity index (χ1) is 8.52. The molecule has 0 bridgehead atoms. The molecule has 1 nitrogen and oxygen atoms in total. The van der Waals surface area contributed by atoms with Crippen LogP contribution in [0.15, 0.2) is 0 Å². The predicted molar refractivity (Wildman–Crippen MR) is 83.8 cm³/mol. The Bertz CT molecular complexity index is 178. The van der Waals surface area contributed by atoms with Gasteiger partial charge in [-0.15, -0.1) is 0 Å². The molecular weight excluding hydrogens is 218 g/mol.